The second kappa shape index (κ2) is 13.4. The molecule has 19 heavy (non-hydrogen) atoms. The Morgan fingerprint density at radius 3 is 1.79 bits per heavy atom. The third-order valence-electron chi connectivity index (χ3n) is 3.12. The van der Waals surface area contributed by atoms with Crippen molar-refractivity contribution < 1.29 is 14.7 Å². The Hall–Kier alpha value is -1.06. The standard InChI is InChI=1S/C15H29NO3/c1-2-13-16-14(17)11-9-7-5-3-4-6-8-10-12-15(18)19/h2-13H2,1H3,(H,16,17)(H,18,19). The summed E-state index contributed by atoms with van der Waals surface area (Å²) < 4.78 is 0. The minimum absolute atomic E-state index is 0.176. The Kier molecular flexibility index (Phi) is 12.6. The minimum atomic E-state index is -0.693. The van der Waals surface area contributed by atoms with Crippen LogP contribution >= 0.6 is 0 Å². The van der Waals surface area contributed by atoms with Crippen molar-refractivity contribution in [1.82, 2.24) is 5.32 Å². The van der Waals surface area contributed by atoms with Gasteiger partial charge in [0.15, 0.2) is 0 Å². The molecule has 112 valence electrons. The number of nitrogens with one attached hydrogen (secondary N) is 1. The monoisotopic (exact) mass is 271 g/mol. The van der Waals surface area contributed by atoms with E-state index in [4.69, 9.17) is 5.11 Å². The van der Waals surface area contributed by atoms with Crippen molar-refractivity contribution in [3.63, 3.8) is 0 Å². The molecule has 1 amide bonds. The predicted molar refractivity (Wildman–Crippen MR) is 77.1 cm³/mol. The van der Waals surface area contributed by atoms with Gasteiger partial charge in [0, 0.05) is 19.4 Å². The number of aliphatic carboxylic acids is 1. The molecule has 2 N–H and O–H groups in total. The van der Waals surface area contributed by atoms with Crippen LogP contribution in [0.3, 0.4) is 0 Å². The molecular weight excluding hydrogens is 242 g/mol. The van der Waals surface area contributed by atoms with Gasteiger partial charge in [0.2, 0.25) is 5.91 Å². The van der Waals surface area contributed by atoms with E-state index in [-0.39, 0.29) is 5.91 Å². The molecule has 0 bridgehead atoms. The summed E-state index contributed by atoms with van der Waals surface area (Å²) in [6.07, 6.45) is 10.6. The molecule has 4 heteroatoms. The quantitative estimate of drug-likeness (QED) is 0.504. The zero-order chi connectivity index (χ0) is 14.3. The zero-order valence-electron chi connectivity index (χ0n) is 12.2. The van der Waals surface area contributed by atoms with E-state index >= 15 is 0 Å². The molecule has 0 aliphatic carbocycles. The van der Waals surface area contributed by atoms with Crippen LogP contribution in [0.25, 0.3) is 0 Å². The maximum atomic E-state index is 11.3. The van der Waals surface area contributed by atoms with E-state index in [1.165, 1.54) is 19.3 Å². The maximum Gasteiger partial charge on any atom is 0.303 e. The first kappa shape index (κ1) is 17.9. The van der Waals surface area contributed by atoms with E-state index < -0.39 is 5.97 Å². The molecule has 0 aliphatic rings. The summed E-state index contributed by atoms with van der Waals surface area (Å²) in [5.74, 6) is -0.517. The van der Waals surface area contributed by atoms with Crippen molar-refractivity contribution in [2.24, 2.45) is 0 Å². The maximum absolute atomic E-state index is 11.3. The van der Waals surface area contributed by atoms with Gasteiger partial charge in [0.25, 0.3) is 0 Å². The molecule has 0 unspecified atom stereocenters. The number of unbranched alkanes of at least 4 members (excludes halogenated alkanes) is 7. The van der Waals surface area contributed by atoms with Crippen LogP contribution in [0.4, 0.5) is 0 Å². The third kappa shape index (κ3) is 14.9. The van der Waals surface area contributed by atoms with Crippen molar-refractivity contribution in [3.05, 3.63) is 0 Å². The highest BCUT2D eigenvalue weighted by atomic mass is 16.4. The normalized spacial score (nSPS) is 10.4. The molecule has 0 fully saturated rings. The van der Waals surface area contributed by atoms with Crippen molar-refractivity contribution in [2.45, 2.75) is 77.6 Å². The zero-order valence-corrected chi connectivity index (χ0v) is 12.2. The van der Waals surface area contributed by atoms with Gasteiger partial charge in [-0.25, -0.2) is 0 Å². The molecule has 0 aliphatic heterocycles. The summed E-state index contributed by atoms with van der Waals surface area (Å²) in [5, 5.41) is 11.4. The molecule has 4 nitrogen and oxygen atoms in total. The Bertz CT molecular complexity index is 242. The molecule has 0 saturated heterocycles. The molecule has 0 spiro atoms. The molecule has 0 heterocycles. The molecule has 0 radical (unpaired) electrons. The minimum Gasteiger partial charge on any atom is -0.481 e. The number of carboxylic acids is 1. The number of hydrogen-bond donors (Lipinski definition) is 2. The van der Waals surface area contributed by atoms with Gasteiger partial charge in [-0.05, 0) is 19.3 Å². The molecule has 0 rings (SSSR count). The lowest BCUT2D eigenvalue weighted by Crippen LogP contribution is -2.23. The van der Waals surface area contributed by atoms with Crippen LogP contribution in [0.5, 0.6) is 0 Å². The first-order valence-electron chi connectivity index (χ1n) is 7.65. The van der Waals surface area contributed by atoms with E-state index in [1.54, 1.807) is 0 Å². The van der Waals surface area contributed by atoms with Crippen LogP contribution < -0.4 is 5.32 Å². The Balaban J connectivity index is 3.10. The highest BCUT2D eigenvalue weighted by Gasteiger charge is 2.00. The van der Waals surface area contributed by atoms with Crippen LogP contribution in [-0.4, -0.2) is 23.5 Å². The van der Waals surface area contributed by atoms with Gasteiger partial charge in [0.1, 0.15) is 0 Å². The summed E-state index contributed by atoms with van der Waals surface area (Å²) in [4.78, 5) is 21.6. The summed E-state index contributed by atoms with van der Waals surface area (Å²) in [7, 11) is 0. The number of rotatable bonds is 13. The predicted octanol–water partition coefficient (Wildman–Crippen LogP) is 3.50. The Morgan fingerprint density at radius 1 is 0.842 bits per heavy atom. The average Bonchev–Trinajstić information content (AvgIpc) is 2.38. The number of hydrogen-bond acceptors (Lipinski definition) is 2. The summed E-state index contributed by atoms with van der Waals surface area (Å²) in [5.41, 5.74) is 0. The van der Waals surface area contributed by atoms with Gasteiger partial charge < -0.3 is 10.4 Å². The fourth-order valence-electron chi connectivity index (χ4n) is 1.98. The first-order chi connectivity index (χ1) is 9.16. The molecule has 0 aromatic carbocycles. The fourth-order valence-corrected chi connectivity index (χ4v) is 1.98. The summed E-state index contributed by atoms with van der Waals surface area (Å²) in [6, 6.07) is 0. The highest BCUT2D eigenvalue weighted by molar-refractivity contribution is 5.75. The van der Waals surface area contributed by atoms with Gasteiger partial charge in [-0.2, -0.15) is 0 Å². The number of carbonyl (C=O) groups is 2. The number of carboxylic acid groups (broad SMARTS) is 1. The van der Waals surface area contributed by atoms with Crippen LogP contribution in [0.1, 0.15) is 77.6 Å². The van der Waals surface area contributed by atoms with E-state index in [9.17, 15) is 9.59 Å². The fraction of sp³-hybridized carbons (Fsp3) is 0.867. The summed E-state index contributed by atoms with van der Waals surface area (Å²) >= 11 is 0. The van der Waals surface area contributed by atoms with Crippen LogP contribution in [0.2, 0.25) is 0 Å². The van der Waals surface area contributed by atoms with Gasteiger partial charge >= 0.3 is 5.97 Å². The van der Waals surface area contributed by atoms with Gasteiger partial charge in [-0.3, -0.25) is 9.59 Å². The third-order valence-corrected chi connectivity index (χ3v) is 3.12. The molecule has 0 saturated carbocycles. The smallest absolute Gasteiger partial charge is 0.303 e. The van der Waals surface area contributed by atoms with Gasteiger partial charge in [0.05, 0.1) is 0 Å². The lowest BCUT2D eigenvalue weighted by molar-refractivity contribution is -0.137. The molecule has 0 atom stereocenters. The van der Waals surface area contributed by atoms with E-state index in [0.29, 0.717) is 12.8 Å². The van der Waals surface area contributed by atoms with Crippen molar-refractivity contribution >= 4 is 11.9 Å². The Labute approximate surface area is 117 Å². The second-order valence-corrected chi connectivity index (χ2v) is 5.07. The number of carbonyl (C=O) groups excluding carboxylic acids is 1. The van der Waals surface area contributed by atoms with Crippen LogP contribution in [0, 0.1) is 0 Å². The first-order valence-corrected chi connectivity index (χ1v) is 7.65. The molecule has 0 aromatic rings. The molecule has 0 aromatic heterocycles. The largest absolute Gasteiger partial charge is 0.481 e. The highest BCUT2D eigenvalue weighted by Crippen LogP contribution is 2.10. The van der Waals surface area contributed by atoms with Gasteiger partial charge in [-0.1, -0.05) is 45.4 Å². The Morgan fingerprint density at radius 2 is 1.32 bits per heavy atom. The second-order valence-electron chi connectivity index (χ2n) is 5.07. The average molecular weight is 271 g/mol. The van der Waals surface area contributed by atoms with Crippen molar-refractivity contribution in [1.29, 1.82) is 0 Å². The van der Waals surface area contributed by atoms with Crippen molar-refractivity contribution in [3.8, 4) is 0 Å². The van der Waals surface area contributed by atoms with E-state index in [1.807, 2.05) is 0 Å². The van der Waals surface area contributed by atoms with E-state index in [0.717, 1.165) is 45.1 Å². The van der Waals surface area contributed by atoms with Crippen LogP contribution in [-0.2, 0) is 9.59 Å². The van der Waals surface area contributed by atoms with E-state index in [2.05, 4.69) is 12.2 Å². The van der Waals surface area contributed by atoms with Gasteiger partial charge in [-0.15, -0.1) is 0 Å². The molecular formula is C15H29NO3. The number of amides is 1. The van der Waals surface area contributed by atoms with Crippen molar-refractivity contribution in [2.75, 3.05) is 6.54 Å². The lowest BCUT2D eigenvalue weighted by Gasteiger charge is -2.03. The lowest BCUT2D eigenvalue weighted by atomic mass is 10.1. The topological polar surface area (TPSA) is 66.4 Å². The summed E-state index contributed by atoms with van der Waals surface area (Å²) in [6.45, 7) is 2.84. The SMILES string of the molecule is CCCNC(=O)CCCCCCCCCCC(=O)O. The van der Waals surface area contributed by atoms with Crippen LogP contribution in [0.15, 0.2) is 0 Å².